The van der Waals surface area contributed by atoms with E-state index in [4.69, 9.17) is 4.42 Å². The Balaban J connectivity index is 1.75. The number of hydrogen-bond acceptors (Lipinski definition) is 4. The largest absolute Gasteiger partial charge is 0.459 e. The van der Waals surface area contributed by atoms with Crippen LogP contribution in [-0.2, 0) is 4.79 Å². The topological polar surface area (TPSA) is 80.6 Å². The Morgan fingerprint density at radius 1 is 1.20 bits per heavy atom. The molecule has 0 fully saturated rings. The van der Waals surface area contributed by atoms with Gasteiger partial charge in [0.25, 0.3) is 5.91 Å². The fourth-order valence-electron chi connectivity index (χ4n) is 2.12. The zero-order valence-corrected chi connectivity index (χ0v) is 13.5. The number of amides is 2. The maximum atomic E-state index is 12.1. The molecule has 2 N–H and O–H groups in total. The lowest BCUT2D eigenvalue weighted by Crippen LogP contribution is -2.31. The van der Waals surface area contributed by atoms with Crippen LogP contribution in [0, 0.1) is 0 Å². The van der Waals surface area contributed by atoms with Crippen molar-refractivity contribution in [2.24, 2.45) is 0 Å². The maximum absolute atomic E-state index is 12.1. The highest BCUT2D eigenvalue weighted by molar-refractivity contribution is 5.91. The molecular formula is C17H18F2N2O4. The summed E-state index contributed by atoms with van der Waals surface area (Å²) in [6.07, 6.45) is 1.49. The van der Waals surface area contributed by atoms with Crippen LogP contribution in [0.4, 0.5) is 8.78 Å². The van der Waals surface area contributed by atoms with E-state index in [2.05, 4.69) is 15.4 Å². The van der Waals surface area contributed by atoms with Gasteiger partial charge in [-0.2, -0.15) is 8.78 Å². The summed E-state index contributed by atoms with van der Waals surface area (Å²) >= 11 is 0. The van der Waals surface area contributed by atoms with Crippen molar-refractivity contribution in [1.29, 1.82) is 0 Å². The molecule has 1 aromatic heterocycles. The Hall–Kier alpha value is -2.90. The molecule has 2 rings (SSSR count). The minimum absolute atomic E-state index is 0.0536. The first-order chi connectivity index (χ1) is 12.0. The first-order valence-electron chi connectivity index (χ1n) is 7.61. The van der Waals surface area contributed by atoms with Crippen LogP contribution in [0.3, 0.4) is 0 Å². The zero-order valence-electron chi connectivity index (χ0n) is 13.5. The summed E-state index contributed by atoms with van der Waals surface area (Å²) in [5.74, 6) is -0.404. The van der Waals surface area contributed by atoms with Crippen molar-refractivity contribution in [3.63, 3.8) is 0 Å². The second kappa shape index (κ2) is 8.81. The molecule has 1 unspecified atom stereocenters. The normalized spacial score (nSPS) is 11.8. The van der Waals surface area contributed by atoms with E-state index >= 15 is 0 Å². The molecule has 0 radical (unpaired) electrons. The monoisotopic (exact) mass is 352 g/mol. The molecule has 2 amide bonds. The molecule has 8 heteroatoms. The van der Waals surface area contributed by atoms with E-state index in [0.29, 0.717) is 0 Å². The second-order valence-electron chi connectivity index (χ2n) is 5.22. The van der Waals surface area contributed by atoms with Gasteiger partial charge >= 0.3 is 6.61 Å². The third kappa shape index (κ3) is 5.91. The van der Waals surface area contributed by atoms with Crippen molar-refractivity contribution >= 4 is 11.8 Å². The van der Waals surface area contributed by atoms with Crippen molar-refractivity contribution in [3.05, 3.63) is 54.0 Å². The number of alkyl halides is 2. The Morgan fingerprint density at radius 3 is 2.52 bits per heavy atom. The minimum atomic E-state index is -2.88. The first-order valence-corrected chi connectivity index (χ1v) is 7.61. The SMILES string of the molecule is CC(NC(=O)CCNC(=O)c1ccco1)c1ccc(OC(F)F)cc1. The van der Waals surface area contributed by atoms with Crippen molar-refractivity contribution < 1.29 is 27.5 Å². The van der Waals surface area contributed by atoms with Crippen molar-refractivity contribution in [1.82, 2.24) is 10.6 Å². The Bertz CT molecular complexity index is 687. The number of furan rings is 1. The predicted molar refractivity (Wildman–Crippen MR) is 85.3 cm³/mol. The van der Waals surface area contributed by atoms with Gasteiger partial charge in [0.05, 0.1) is 12.3 Å². The lowest BCUT2D eigenvalue weighted by molar-refractivity contribution is -0.121. The maximum Gasteiger partial charge on any atom is 0.387 e. The lowest BCUT2D eigenvalue weighted by atomic mass is 10.1. The number of rotatable bonds is 8. The van der Waals surface area contributed by atoms with E-state index in [1.54, 1.807) is 25.1 Å². The van der Waals surface area contributed by atoms with Crippen LogP contribution in [-0.4, -0.2) is 25.0 Å². The molecule has 1 atom stereocenters. The van der Waals surface area contributed by atoms with E-state index in [0.717, 1.165) is 5.56 Å². The number of ether oxygens (including phenoxy) is 1. The Kier molecular flexibility index (Phi) is 6.50. The molecule has 0 bridgehead atoms. The molecule has 1 heterocycles. The number of nitrogens with one attached hydrogen (secondary N) is 2. The molecule has 1 aromatic carbocycles. The van der Waals surface area contributed by atoms with Crippen LogP contribution in [0.15, 0.2) is 47.1 Å². The smallest absolute Gasteiger partial charge is 0.387 e. The van der Waals surface area contributed by atoms with Crippen LogP contribution in [0.1, 0.15) is 35.5 Å². The minimum Gasteiger partial charge on any atom is -0.459 e. The van der Waals surface area contributed by atoms with Crippen molar-refractivity contribution in [2.75, 3.05) is 6.54 Å². The van der Waals surface area contributed by atoms with Crippen LogP contribution in [0.5, 0.6) is 5.75 Å². The van der Waals surface area contributed by atoms with Gasteiger partial charge in [0.2, 0.25) is 5.91 Å². The molecule has 134 valence electrons. The predicted octanol–water partition coefficient (Wildman–Crippen LogP) is 2.88. The number of halogens is 2. The van der Waals surface area contributed by atoms with Crippen molar-refractivity contribution in [3.8, 4) is 5.75 Å². The Morgan fingerprint density at radius 2 is 1.92 bits per heavy atom. The molecule has 6 nitrogen and oxygen atoms in total. The number of carbonyl (C=O) groups is 2. The number of hydrogen-bond donors (Lipinski definition) is 2. The summed E-state index contributed by atoms with van der Waals surface area (Å²) in [6.45, 7) is -0.943. The molecule has 0 aliphatic rings. The molecule has 0 saturated carbocycles. The third-order valence-corrected chi connectivity index (χ3v) is 3.37. The Labute approximate surface area is 143 Å². The van der Waals surface area contributed by atoms with Gasteiger partial charge in [0.1, 0.15) is 5.75 Å². The van der Waals surface area contributed by atoms with E-state index in [1.807, 2.05) is 0 Å². The number of benzene rings is 1. The van der Waals surface area contributed by atoms with Gasteiger partial charge in [-0.25, -0.2) is 0 Å². The summed E-state index contributed by atoms with van der Waals surface area (Å²) < 4.78 is 33.4. The average molecular weight is 352 g/mol. The van der Waals surface area contributed by atoms with Crippen LogP contribution >= 0.6 is 0 Å². The molecule has 2 aromatic rings. The first kappa shape index (κ1) is 18.4. The molecular weight excluding hydrogens is 334 g/mol. The molecule has 0 saturated heterocycles. The molecule has 0 aliphatic carbocycles. The van der Waals surface area contributed by atoms with E-state index in [1.165, 1.54) is 24.5 Å². The van der Waals surface area contributed by atoms with Crippen LogP contribution in [0.2, 0.25) is 0 Å². The van der Waals surface area contributed by atoms with Crippen LogP contribution in [0.25, 0.3) is 0 Å². The van der Waals surface area contributed by atoms with Gasteiger partial charge in [-0.1, -0.05) is 12.1 Å². The zero-order chi connectivity index (χ0) is 18.2. The second-order valence-corrected chi connectivity index (χ2v) is 5.22. The summed E-state index contributed by atoms with van der Waals surface area (Å²) in [5.41, 5.74) is 0.745. The summed E-state index contributed by atoms with van der Waals surface area (Å²) in [6, 6.07) is 8.83. The average Bonchev–Trinajstić information content (AvgIpc) is 3.09. The van der Waals surface area contributed by atoms with Gasteiger partial charge in [-0.3, -0.25) is 9.59 Å². The molecule has 0 aliphatic heterocycles. The standard InChI is InChI=1S/C17H18F2N2O4/c1-11(12-4-6-13(7-5-12)25-17(18)19)21-15(22)8-9-20-16(23)14-3-2-10-24-14/h2-7,10-11,17H,8-9H2,1H3,(H,20,23)(H,21,22). The molecule has 0 spiro atoms. The van der Waals surface area contributed by atoms with Gasteiger partial charge < -0.3 is 19.8 Å². The van der Waals surface area contributed by atoms with E-state index in [9.17, 15) is 18.4 Å². The van der Waals surface area contributed by atoms with E-state index < -0.39 is 6.61 Å². The third-order valence-electron chi connectivity index (χ3n) is 3.37. The van der Waals surface area contributed by atoms with Gasteiger partial charge in [-0.15, -0.1) is 0 Å². The van der Waals surface area contributed by atoms with Gasteiger partial charge in [-0.05, 0) is 36.8 Å². The number of carbonyl (C=O) groups excluding carboxylic acids is 2. The fourth-order valence-corrected chi connectivity index (χ4v) is 2.12. The lowest BCUT2D eigenvalue weighted by Gasteiger charge is -2.15. The molecule has 25 heavy (non-hydrogen) atoms. The highest BCUT2D eigenvalue weighted by atomic mass is 19.3. The summed E-state index contributed by atoms with van der Waals surface area (Å²) in [5, 5.41) is 5.34. The highest BCUT2D eigenvalue weighted by Crippen LogP contribution is 2.19. The van der Waals surface area contributed by atoms with Gasteiger partial charge in [0.15, 0.2) is 5.76 Å². The fraction of sp³-hybridized carbons (Fsp3) is 0.294. The quantitative estimate of drug-likeness (QED) is 0.766. The van der Waals surface area contributed by atoms with Crippen LogP contribution < -0.4 is 15.4 Å². The van der Waals surface area contributed by atoms with Gasteiger partial charge in [0, 0.05) is 13.0 Å². The summed E-state index contributed by atoms with van der Waals surface area (Å²) in [7, 11) is 0. The highest BCUT2D eigenvalue weighted by Gasteiger charge is 2.12. The summed E-state index contributed by atoms with van der Waals surface area (Å²) in [4.78, 5) is 23.5. The van der Waals surface area contributed by atoms with E-state index in [-0.39, 0.29) is 42.3 Å². The van der Waals surface area contributed by atoms with Crippen molar-refractivity contribution in [2.45, 2.75) is 26.0 Å².